The molecular formula is C30H29F2N5O3. The highest BCUT2D eigenvalue weighted by molar-refractivity contribution is 6.03. The molecule has 2 aliphatic heterocycles. The first-order valence-electron chi connectivity index (χ1n) is 13.3. The predicted octanol–water partition coefficient (Wildman–Crippen LogP) is 4.05. The Bertz CT molecular complexity index is 1660. The minimum atomic E-state index is -0.866. The normalized spacial score (nSPS) is 20.6. The van der Waals surface area contributed by atoms with E-state index in [-0.39, 0.29) is 42.6 Å². The van der Waals surface area contributed by atoms with Crippen LogP contribution in [0.1, 0.15) is 24.8 Å². The second-order valence-electron chi connectivity index (χ2n) is 10.6. The fourth-order valence-electron chi connectivity index (χ4n) is 6.17. The van der Waals surface area contributed by atoms with Gasteiger partial charge in [-0.3, -0.25) is 4.90 Å². The largest absolute Gasteiger partial charge is 0.508 e. The first kappa shape index (κ1) is 26.2. The van der Waals surface area contributed by atoms with Crippen LogP contribution in [-0.2, 0) is 0 Å². The highest BCUT2D eigenvalue weighted by Crippen LogP contribution is 2.41. The lowest BCUT2D eigenvalue weighted by molar-refractivity contribution is 0.107. The molecule has 2 fully saturated rings. The van der Waals surface area contributed by atoms with E-state index in [0.29, 0.717) is 51.7 Å². The number of terminal acetylenes is 1. The summed E-state index contributed by atoms with van der Waals surface area (Å²) in [6.45, 7) is 1.75. The highest BCUT2D eigenvalue weighted by Gasteiger charge is 2.49. The van der Waals surface area contributed by atoms with Gasteiger partial charge in [-0.15, -0.1) is 6.42 Å². The van der Waals surface area contributed by atoms with Crippen LogP contribution in [0.15, 0.2) is 36.5 Å². The molecule has 10 heteroatoms. The topological polar surface area (TPSA) is 94.8 Å². The number of aliphatic hydroxyl groups excluding tert-OH is 1. The third-order valence-electron chi connectivity index (χ3n) is 8.04. The average Bonchev–Trinajstić information content (AvgIpc) is 3.46. The molecule has 4 heterocycles. The zero-order valence-corrected chi connectivity index (χ0v) is 22.1. The molecule has 0 spiro atoms. The van der Waals surface area contributed by atoms with E-state index in [1.165, 1.54) is 18.2 Å². The number of aliphatic hydroxyl groups is 1. The first-order valence-corrected chi connectivity index (χ1v) is 13.3. The van der Waals surface area contributed by atoms with Gasteiger partial charge < -0.3 is 19.8 Å². The Kier molecular flexibility index (Phi) is 6.64. The van der Waals surface area contributed by atoms with Crippen LogP contribution >= 0.6 is 0 Å². The van der Waals surface area contributed by atoms with Crippen molar-refractivity contribution >= 4 is 27.5 Å². The molecule has 206 valence electrons. The molecule has 0 unspecified atom stereocenters. The molecule has 40 heavy (non-hydrogen) atoms. The van der Waals surface area contributed by atoms with E-state index in [0.717, 1.165) is 19.4 Å². The number of fused-ring (bicyclic) bond motifs is 3. The predicted molar refractivity (Wildman–Crippen MR) is 149 cm³/mol. The number of phenols is 1. The summed E-state index contributed by atoms with van der Waals surface area (Å²) in [6, 6.07) is 7.70. The molecule has 0 bridgehead atoms. The maximum Gasteiger partial charge on any atom is 0.316 e. The van der Waals surface area contributed by atoms with Crippen molar-refractivity contribution in [1.82, 2.24) is 19.9 Å². The smallest absolute Gasteiger partial charge is 0.316 e. The molecule has 0 saturated carbocycles. The van der Waals surface area contributed by atoms with E-state index < -0.39 is 12.0 Å². The van der Waals surface area contributed by atoms with Gasteiger partial charge in [0.15, 0.2) is 0 Å². The van der Waals surface area contributed by atoms with Crippen molar-refractivity contribution in [3.8, 4) is 35.4 Å². The van der Waals surface area contributed by atoms with Crippen LogP contribution in [0.5, 0.6) is 11.8 Å². The molecule has 0 aliphatic carbocycles. The number of hydrogen-bond donors (Lipinski definition) is 2. The van der Waals surface area contributed by atoms with Crippen molar-refractivity contribution in [2.24, 2.45) is 0 Å². The van der Waals surface area contributed by atoms with Gasteiger partial charge in [-0.05, 0) is 49.0 Å². The fourth-order valence-corrected chi connectivity index (χ4v) is 6.17. The molecule has 2 atom stereocenters. The number of aromatic nitrogens is 3. The van der Waals surface area contributed by atoms with Gasteiger partial charge in [0, 0.05) is 43.7 Å². The number of benzene rings is 2. The van der Waals surface area contributed by atoms with Crippen LogP contribution in [0.25, 0.3) is 32.9 Å². The molecule has 0 radical (unpaired) electrons. The van der Waals surface area contributed by atoms with E-state index >= 15 is 0 Å². The number of alkyl halides is 1. The van der Waals surface area contributed by atoms with Crippen molar-refractivity contribution in [2.75, 3.05) is 44.8 Å². The first-order chi connectivity index (χ1) is 19.3. The lowest BCUT2D eigenvalue weighted by atomic mass is 9.95. The molecular weight excluding hydrogens is 516 g/mol. The zero-order valence-electron chi connectivity index (χ0n) is 22.1. The van der Waals surface area contributed by atoms with Crippen molar-refractivity contribution < 1.29 is 23.7 Å². The molecule has 2 aliphatic rings. The number of nitrogens with zero attached hydrogens (tertiary/aromatic N) is 5. The van der Waals surface area contributed by atoms with E-state index in [4.69, 9.17) is 16.1 Å². The fraction of sp³-hybridized carbons (Fsp3) is 0.367. The molecule has 2 saturated heterocycles. The van der Waals surface area contributed by atoms with Gasteiger partial charge in [0.1, 0.15) is 30.2 Å². The summed E-state index contributed by atoms with van der Waals surface area (Å²) < 4.78 is 35.0. The van der Waals surface area contributed by atoms with Gasteiger partial charge in [-0.1, -0.05) is 12.0 Å². The second-order valence-corrected chi connectivity index (χ2v) is 10.6. The Hall–Kier alpha value is -4.07. The minimum absolute atomic E-state index is 0.0287. The lowest BCUT2D eigenvalue weighted by Crippen LogP contribution is -2.43. The summed E-state index contributed by atoms with van der Waals surface area (Å²) in [7, 11) is 1.78. The van der Waals surface area contributed by atoms with Gasteiger partial charge in [-0.25, -0.2) is 18.7 Å². The summed E-state index contributed by atoms with van der Waals surface area (Å²) in [6.07, 6.45) is 8.73. The van der Waals surface area contributed by atoms with Gasteiger partial charge in [0.25, 0.3) is 0 Å². The van der Waals surface area contributed by atoms with Gasteiger partial charge in [0.2, 0.25) is 0 Å². The Morgan fingerprint density at radius 1 is 1.27 bits per heavy atom. The minimum Gasteiger partial charge on any atom is -0.508 e. The third-order valence-corrected chi connectivity index (χ3v) is 8.04. The standard InChI is InChI=1S/C30H29F2N5O3/c1-3-21-24(32)6-5-18-11-20(39)12-22(27(18)21)25-13-26-23(28(34-25)36(2)9-10-38)15-33-29(35-26)40-17-30-7-4-8-37(30)16-19(31)14-30/h1,5-6,11-13,15,19,38-39H,4,7-10,14,16-17H2,2H3/t19-,30+/m1/s1. The number of halogens is 2. The van der Waals surface area contributed by atoms with E-state index in [2.05, 4.69) is 20.8 Å². The van der Waals surface area contributed by atoms with Gasteiger partial charge in [-0.2, -0.15) is 4.98 Å². The number of rotatable bonds is 7. The van der Waals surface area contributed by atoms with Gasteiger partial charge in [0.05, 0.1) is 34.3 Å². The summed E-state index contributed by atoms with van der Waals surface area (Å²) in [5.74, 6) is 2.33. The molecule has 0 amide bonds. The number of aromatic hydroxyl groups is 1. The number of ether oxygens (including phenoxy) is 1. The summed E-state index contributed by atoms with van der Waals surface area (Å²) >= 11 is 0. The van der Waals surface area contributed by atoms with Crippen LogP contribution in [0.2, 0.25) is 0 Å². The van der Waals surface area contributed by atoms with Crippen LogP contribution < -0.4 is 9.64 Å². The monoisotopic (exact) mass is 545 g/mol. The molecule has 2 aromatic carbocycles. The van der Waals surface area contributed by atoms with Crippen molar-refractivity contribution in [3.63, 3.8) is 0 Å². The third kappa shape index (κ3) is 4.45. The highest BCUT2D eigenvalue weighted by atomic mass is 19.1. The summed E-state index contributed by atoms with van der Waals surface area (Å²) in [5, 5.41) is 21.7. The van der Waals surface area contributed by atoms with Crippen molar-refractivity contribution in [3.05, 3.63) is 47.9 Å². The SMILES string of the molecule is C#Cc1c(F)ccc2cc(O)cc(-c3cc4nc(OC[C@@]56CCCN5C[C@H](F)C6)ncc4c(N(C)CCO)n3)c12. The summed E-state index contributed by atoms with van der Waals surface area (Å²) in [4.78, 5) is 17.8. The lowest BCUT2D eigenvalue weighted by Gasteiger charge is -2.30. The van der Waals surface area contributed by atoms with Crippen LogP contribution in [0.4, 0.5) is 14.6 Å². The Labute approximate surface area is 230 Å². The van der Waals surface area contributed by atoms with Crippen LogP contribution in [0.3, 0.4) is 0 Å². The maximum atomic E-state index is 14.7. The van der Waals surface area contributed by atoms with Crippen molar-refractivity contribution in [2.45, 2.75) is 31.0 Å². The number of phenolic OH excluding ortho intramolecular Hbond substituents is 1. The average molecular weight is 546 g/mol. The molecule has 6 rings (SSSR count). The number of hydrogen-bond acceptors (Lipinski definition) is 8. The molecule has 2 N–H and O–H groups in total. The van der Waals surface area contributed by atoms with Crippen LogP contribution in [-0.4, -0.2) is 81.7 Å². The molecule has 2 aromatic heterocycles. The number of likely N-dealkylation sites (N-methyl/N-ethyl adjacent to an activating group) is 1. The molecule has 8 nitrogen and oxygen atoms in total. The molecule has 4 aromatic rings. The summed E-state index contributed by atoms with van der Waals surface area (Å²) in [5.41, 5.74) is 1.06. The second kappa shape index (κ2) is 10.2. The number of anilines is 1. The zero-order chi connectivity index (χ0) is 28.0. The van der Waals surface area contributed by atoms with E-state index in [1.54, 1.807) is 30.3 Å². The van der Waals surface area contributed by atoms with Gasteiger partial charge >= 0.3 is 6.01 Å². The van der Waals surface area contributed by atoms with Crippen LogP contribution in [0, 0.1) is 18.2 Å². The van der Waals surface area contributed by atoms with Crippen molar-refractivity contribution in [1.29, 1.82) is 0 Å². The Balaban J connectivity index is 1.47. The Morgan fingerprint density at radius 3 is 2.92 bits per heavy atom. The van der Waals surface area contributed by atoms with E-state index in [9.17, 15) is 19.0 Å². The number of pyridine rings is 1. The Morgan fingerprint density at radius 2 is 2.12 bits per heavy atom. The van der Waals surface area contributed by atoms with E-state index in [1.807, 2.05) is 0 Å². The maximum absolute atomic E-state index is 14.7. The quantitative estimate of drug-likeness (QED) is 0.336.